The fourth-order valence-corrected chi connectivity index (χ4v) is 3.47. The van der Waals surface area contributed by atoms with Crippen molar-refractivity contribution in [2.45, 2.75) is 45.6 Å². The van der Waals surface area contributed by atoms with Crippen molar-refractivity contribution in [1.82, 2.24) is 5.32 Å². The quantitative estimate of drug-likeness (QED) is 0.337. The number of hydrogen-bond acceptors (Lipinski definition) is 3. The van der Waals surface area contributed by atoms with Crippen molar-refractivity contribution < 1.29 is 14.3 Å². The SMILES string of the molecule is CCCCCCOc1ccc(C(=O)Nc2cccc(C(=O)NC(C)c3ccccc3)c2)cc1. The monoisotopic (exact) mass is 444 g/mol. The topological polar surface area (TPSA) is 67.4 Å². The average molecular weight is 445 g/mol. The third-order valence-corrected chi connectivity index (χ3v) is 5.41. The molecule has 0 spiro atoms. The van der Waals surface area contributed by atoms with Gasteiger partial charge in [-0.2, -0.15) is 0 Å². The first-order valence-electron chi connectivity index (χ1n) is 11.6. The van der Waals surface area contributed by atoms with E-state index < -0.39 is 0 Å². The van der Waals surface area contributed by atoms with E-state index in [4.69, 9.17) is 4.74 Å². The van der Waals surface area contributed by atoms with E-state index in [1.54, 1.807) is 36.4 Å². The summed E-state index contributed by atoms with van der Waals surface area (Å²) < 4.78 is 5.74. The lowest BCUT2D eigenvalue weighted by Gasteiger charge is -2.15. The van der Waals surface area contributed by atoms with Gasteiger partial charge in [0.25, 0.3) is 11.8 Å². The van der Waals surface area contributed by atoms with Gasteiger partial charge in [0.15, 0.2) is 0 Å². The number of carbonyl (C=O) groups excluding carboxylic acids is 2. The van der Waals surface area contributed by atoms with E-state index in [1.165, 1.54) is 19.3 Å². The Labute approximate surface area is 196 Å². The maximum absolute atomic E-state index is 12.7. The number of amides is 2. The van der Waals surface area contributed by atoms with Crippen LogP contribution in [0.15, 0.2) is 78.9 Å². The average Bonchev–Trinajstić information content (AvgIpc) is 2.85. The molecule has 0 aliphatic carbocycles. The number of anilines is 1. The number of benzene rings is 3. The molecule has 2 N–H and O–H groups in total. The second-order valence-corrected chi connectivity index (χ2v) is 8.07. The van der Waals surface area contributed by atoms with E-state index in [2.05, 4.69) is 17.6 Å². The maximum Gasteiger partial charge on any atom is 0.255 e. The Morgan fingerprint density at radius 2 is 1.58 bits per heavy atom. The fraction of sp³-hybridized carbons (Fsp3) is 0.286. The first-order valence-corrected chi connectivity index (χ1v) is 11.6. The van der Waals surface area contributed by atoms with E-state index in [0.29, 0.717) is 23.4 Å². The molecular weight excluding hydrogens is 412 g/mol. The van der Waals surface area contributed by atoms with Crippen LogP contribution in [0.5, 0.6) is 5.75 Å². The second kappa shape index (κ2) is 12.4. The van der Waals surface area contributed by atoms with Crippen molar-refractivity contribution in [3.63, 3.8) is 0 Å². The summed E-state index contributed by atoms with van der Waals surface area (Å²) in [6.07, 6.45) is 4.62. The molecular formula is C28H32N2O3. The predicted octanol–water partition coefficient (Wildman–Crippen LogP) is 6.39. The van der Waals surface area contributed by atoms with Crippen LogP contribution in [0.4, 0.5) is 5.69 Å². The molecule has 0 aromatic heterocycles. The van der Waals surface area contributed by atoms with Gasteiger partial charge in [-0.05, 0) is 61.4 Å². The summed E-state index contributed by atoms with van der Waals surface area (Å²) >= 11 is 0. The Bertz CT molecular complexity index is 1030. The maximum atomic E-state index is 12.7. The molecule has 0 radical (unpaired) electrons. The molecule has 5 heteroatoms. The molecule has 0 saturated heterocycles. The molecule has 3 aromatic rings. The van der Waals surface area contributed by atoms with Crippen LogP contribution >= 0.6 is 0 Å². The molecule has 0 aliphatic heterocycles. The van der Waals surface area contributed by atoms with Crippen LogP contribution in [-0.2, 0) is 0 Å². The van der Waals surface area contributed by atoms with E-state index in [9.17, 15) is 9.59 Å². The molecule has 3 aromatic carbocycles. The van der Waals surface area contributed by atoms with Crippen molar-refractivity contribution >= 4 is 17.5 Å². The molecule has 172 valence electrons. The van der Waals surface area contributed by atoms with Crippen LogP contribution in [0.1, 0.15) is 71.9 Å². The summed E-state index contributed by atoms with van der Waals surface area (Å²) in [5.74, 6) is 0.330. The van der Waals surface area contributed by atoms with Crippen LogP contribution in [0.2, 0.25) is 0 Å². The number of ether oxygens (including phenoxy) is 1. The van der Waals surface area contributed by atoms with Crippen molar-refractivity contribution in [1.29, 1.82) is 0 Å². The highest BCUT2D eigenvalue weighted by atomic mass is 16.5. The highest BCUT2D eigenvalue weighted by Crippen LogP contribution is 2.17. The van der Waals surface area contributed by atoms with E-state index in [0.717, 1.165) is 17.7 Å². The molecule has 0 heterocycles. The first kappa shape index (κ1) is 24.1. The van der Waals surface area contributed by atoms with Gasteiger partial charge in [-0.25, -0.2) is 0 Å². The zero-order valence-electron chi connectivity index (χ0n) is 19.3. The Balaban J connectivity index is 1.55. The van der Waals surface area contributed by atoms with Crippen molar-refractivity contribution in [3.8, 4) is 5.75 Å². The standard InChI is InChI=1S/C28H32N2O3/c1-3-4-5-9-19-33-26-17-15-23(16-18-26)27(31)30-25-14-10-13-24(20-25)28(32)29-21(2)22-11-7-6-8-12-22/h6-8,10-18,20-21H,3-5,9,19H2,1-2H3,(H,29,32)(H,30,31). The Morgan fingerprint density at radius 1 is 0.818 bits per heavy atom. The van der Waals surface area contributed by atoms with E-state index in [1.807, 2.05) is 49.4 Å². The zero-order chi connectivity index (χ0) is 23.5. The molecule has 33 heavy (non-hydrogen) atoms. The first-order chi connectivity index (χ1) is 16.1. The third kappa shape index (κ3) is 7.49. The highest BCUT2D eigenvalue weighted by Gasteiger charge is 2.13. The minimum absolute atomic E-state index is 0.121. The van der Waals surface area contributed by atoms with Gasteiger partial charge in [0, 0.05) is 16.8 Å². The van der Waals surface area contributed by atoms with Gasteiger partial charge in [0.2, 0.25) is 0 Å². The molecule has 1 unspecified atom stereocenters. The van der Waals surface area contributed by atoms with Crippen LogP contribution in [0.3, 0.4) is 0 Å². The summed E-state index contributed by atoms with van der Waals surface area (Å²) in [5.41, 5.74) is 2.61. The minimum Gasteiger partial charge on any atom is -0.494 e. The summed E-state index contributed by atoms with van der Waals surface area (Å²) in [6.45, 7) is 4.81. The summed E-state index contributed by atoms with van der Waals surface area (Å²) in [5, 5.41) is 5.86. The van der Waals surface area contributed by atoms with Gasteiger partial charge >= 0.3 is 0 Å². The van der Waals surface area contributed by atoms with Gasteiger partial charge in [-0.15, -0.1) is 0 Å². The molecule has 1 atom stereocenters. The zero-order valence-corrected chi connectivity index (χ0v) is 19.3. The van der Waals surface area contributed by atoms with Gasteiger partial charge in [0.1, 0.15) is 5.75 Å². The fourth-order valence-electron chi connectivity index (χ4n) is 3.47. The highest BCUT2D eigenvalue weighted by molar-refractivity contribution is 6.05. The van der Waals surface area contributed by atoms with Crippen molar-refractivity contribution in [2.24, 2.45) is 0 Å². The molecule has 3 rings (SSSR count). The summed E-state index contributed by atoms with van der Waals surface area (Å²) in [6, 6.07) is 23.7. The Hall–Kier alpha value is -3.60. The lowest BCUT2D eigenvalue weighted by Crippen LogP contribution is -2.26. The summed E-state index contributed by atoms with van der Waals surface area (Å²) in [4.78, 5) is 25.3. The molecule has 5 nitrogen and oxygen atoms in total. The van der Waals surface area contributed by atoms with Crippen LogP contribution in [0.25, 0.3) is 0 Å². The Morgan fingerprint density at radius 3 is 2.30 bits per heavy atom. The smallest absolute Gasteiger partial charge is 0.255 e. The molecule has 0 bridgehead atoms. The number of hydrogen-bond donors (Lipinski definition) is 2. The molecule has 0 aliphatic rings. The number of carbonyl (C=O) groups is 2. The second-order valence-electron chi connectivity index (χ2n) is 8.07. The van der Waals surface area contributed by atoms with E-state index >= 15 is 0 Å². The van der Waals surface area contributed by atoms with Crippen molar-refractivity contribution in [2.75, 3.05) is 11.9 Å². The van der Waals surface area contributed by atoms with Gasteiger partial charge in [0.05, 0.1) is 12.6 Å². The predicted molar refractivity (Wildman–Crippen MR) is 133 cm³/mol. The van der Waals surface area contributed by atoms with Gasteiger partial charge in [-0.1, -0.05) is 62.6 Å². The lowest BCUT2D eigenvalue weighted by molar-refractivity contribution is 0.0938. The normalized spacial score (nSPS) is 11.5. The van der Waals surface area contributed by atoms with Crippen LogP contribution < -0.4 is 15.4 Å². The number of nitrogens with one attached hydrogen (secondary N) is 2. The van der Waals surface area contributed by atoms with Gasteiger partial charge in [-0.3, -0.25) is 9.59 Å². The molecule has 0 fully saturated rings. The molecule has 0 saturated carbocycles. The number of unbranched alkanes of at least 4 members (excludes halogenated alkanes) is 3. The Kier molecular flexibility index (Phi) is 9.07. The largest absolute Gasteiger partial charge is 0.494 e. The third-order valence-electron chi connectivity index (χ3n) is 5.41. The van der Waals surface area contributed by atoms with Crippen LogP contribution in [0, 0.1) is 0 Å². The van der Waals surface area contributed by atoms with E-state index in [-0.39, 0.29) is 17.9 Å². The van der Waals surface area contributed by atoms with Crippen LogP contribution in [-0.4, -0.2) is 18.4 Å². The van der Waals surface area contributed by atoms with Gasteiger partial charge < -0.3 is 15.4 Å². The van der Waals surface area contributed by atoms with Crippen molar-refractivity contribution in [3.05, 3.63) is 95.6 Å². The molecule has 2 amide bonds. The number of rotatable bonds is 11. The minimum atomic E-state index is -0.236. The lowest BCUT2D eigenvalue weighted by atomic mass is 10.1. The summed E-state index contributed by atoms with van der Waals surface area (Å²) in [7, 11) is 0.